The van der Waals surface area contributed by atoms with E-state index in [0.717, 1.165) is 29.4 Å². The summed E-state index contributed by atoms with van der Waals surface area (Å²) < 4.78 is 1.87. The summed E-state index contributed by atoms with van der Waals surface area (Å²) in [6, 6.07) is 8.03. The van der Waals surface area contributed by atoms with Crippen LogP contribution in [0.15, 0.2) is 24.3 Å². The van der Waals surface area contributed by atoms with Gasteiger partial charge in [-0.05, 0) is 39.1 Å². The van der Waals surface area contributed by atoms with Crippen LogP contribution in [0.3, 0.4) is 0 Å². The Balaban J connectivity index is 2.40. The van der Waals surface area contributed by atoms with Crippen LogP contribution < -0.4 is 5.32 Å². The molecule has 1 N–H and O–H groups in total. The van der Waals surface area contributed by atoms with Gasteiger partial charge in [-0.1, -0.05) is 6.07 Å². The van der Waals surface area contributed by atoms with Gasteiger partial charge in [0.05, 0.1) is 11.4 Å². The number of pyridine rings is 1. The third kappa shape index (κ3) is 2.12. The lowest BCUT2D eigenvalue weighted by Gasteiger charge is -2.05. The number of nitrogens with zero attached hydrogens (tertiary/aromatic N) is 3. The van der Waals surface area contributed by atoms with Crippen molar-refractivity contribution in [3.05, 3.63) is 41.3 Å². The predicted molar refractivity (Wildman–Crippen MR) is 63.6 cm³/mol. The number of hydrogen-bond donors (Lipinski definition) is 1. The lowest BCUT2D eigenvalue weighted by molar-refractivity contribution is 0.759. The second-order valence-corrected chi connectivity index (χ2v) is 3.86. The van der Waals surface area contributed by atoms with Crippen LogP contribution in [-0.2, 0) is 6.54 Å². The molecule has 4 heteroatoms. The Labute approximate surface area is 95.3 Å². The predicted octanol–water partition coefficient (Wildman–Crippen LogP) is 1.60. The topological polar surface area (TPSA) is 42.7 Å². The molecule has 0 atom stereocenters. The molecule has 4 nitrogen and oxygen atoms in total. The summed E-state index contributed by atoms with van der Waals surface area (Å²) in [5.74, 6) is 0.873. The summed E-state index contributed by atoms with van der Waals surface area (Å²) >= 11 is 0. The largest absolute Gasteiger partial charge is 0.314 e. The standard InChI is InChI=1S/C12H16N4/c1-9-7-10(2)16(15-9)12-6-4-5-11(14-12)8-13-3/h4-7,13H,8H2,1-3H3. The molecule has 0 spiro atoms. The number of hydrogen-bond acceptors (Lipinski definition) is 3. The highest BCUT2D eigenvalue weighted by atomic mass is 15.3. The van der Waals surface area contributed by atoms with Crippen molar-refractivity contribution in [2.45, 2.75) is 20.4 Å². The first kappa shape index (κ1) is 10.8. The SMILES string of the molecule is CNCc1cccc(-n2nc(C)cc2C)n1. The maximum atomic E-state index is 4.54. The van der Waals surface area contributed by atoms with Gasteiger partial charge in [0.25, 0.3) is 0 Å². The summed E-state index contributed by atoms with van der Waals surface area (Å²) in [7, 11) is 1.91. The molecule has 16 heavy (non-hydrogen) atoms. The average Bonchev–Trinajstić information content (AvgIpc) is 2.59. The molecular weight excluding hydrogens is 200 g/mol. The molecule has 0 unspecified atom stereocenters. The molecule has 0 aliphatic heterocycles. The van der Waals surface area contributed by atoms with Gasteiger partial charge < -0.3 is 5.32 Å². The molecular formula is C12H16N4. The van der Waals surface area contributed by atoms with Crippen LogP contribution in [-0.4, -0.2) is 21.8 Å². The van der Waals surface area contributed by atoms with Crippen molar-refractivity contribution in [3.63, 3.8) is 0 Å². The molecule has 0 bridgehead atoms. The first-order valence-electron chi connectivity index (χ1n) is 5.35. The van der Waals surface area contributed by atoms with E-state index in [2.05, 4.69) is 15.4 Å². The highest BCUT2D eigenvalue weighted by Crippen LogP contribution is 2.10. The zero-order valence-electron chi connectivity index (χ0n) is 9.86. The minimum absolute atomic E-state index is 0.771. The van der Waals surface area contributed by atoms with Gasteiger partial charge in [0, 0.05) is 12.2 Å². The highest BCUT2D eigenvalue weighted by molar-refractivity contribution is 5.27. The summed E-state index contributed by atoms with van der Waals surface area (Å²) in [5.41, 5.74) is 3.14. The van der Waals surface area contributed by atoms with Crippen molar-refractivity contribution in [1.82, 2.24) is 20.1 Å². The molecule has 2 aromatic rings. The van der Waals surface area contributed by atoms with Gasteiger partial charge in [0.15, 0.2) is 5.82 Å². The smallest absolute Gasteiger partial charge is 0.153 e. The first-order chi connectivity index (χ1) is 7.70. The molecule has 2 heterocycles. The van der Waals surface area contributed by atoms with Crippen LogP contribution in [0.2, 0.25) is 0 Å². The fourth-order valence-corrected chi connectivity index (χ4v) is 1.73. The van der Waals surface area contributed by atoms with Gasteiger partial charge in [0.1, 0.15) is 0 Å². The van der Waals surface area contributed by atoms with E-state index in [-0.39, 0.29) is 0 Å². The van der Waals surface area contributed by atoms with Crippen LogP contribution in [0.4, 0.5) is 0 Å². The summed E-state index contributed by atoms with van der Waals surface area (Å²) in [6.45, 7) is 4.79. The van der Waals surface area contributed by atoms with Crippen molar-refractivity contribution in [2.75, 3.05) is 7.05 Å². The van der Waals surface area contributed by atoms with Gasteiger partial charge in [-0.25, -0.2) is 9.67 Å². The fraction of sp³-hybridized carbons (Fsp3) is 0.333. The number of nitrogens with one attached hydrogen (secondary N) is 1. The molecule has 0 aliphatic rings. The van der Waals surface area contributed by atoms with E-state index >= 15 is 0 Å². The molecule has 0 amide bonds. The zero-order chi connectivity index (χ0) is 11.5. The second kappa shape index (κ2) is 4.45. The van der Waals surface area contributed by atoms with Gasteiger partial charge in [-0.3, -0.25) is 0 Å². The number of rotatable bonds is 3. The number of aromatic nitrogens is 3. The van der Waals surface area contributed by atoms with E-state index in [1.54, 1.807) is 0 Å². The average molecular weight is 216 g/mol. The monoisotopic (exact) mass is 216 g/mol. The normalized spacial score (nSPS) is 10.7. The fourth-order valence-electron chi connectivity index (χ4n) is 1.73. The third-order valence-corrected chi connectivity index (χ3v) is 2.38. The van der Waals surface area contributed by atoms with Crippen LogP contribution in [0, 0.1) is 13.8 Å². The zero-order valence-corrected chi connectivity index (χ0v) is 9.86. The maximum absolute atomic E-state index is 4.54. The molecule has 0 aliphatic carbocycles. The summed E-state index contributed by atoms with van der Waals surface area (Å²) in [6.07, 6.45) is 0. The van der Waals surface area contributed by atoms with Gasteiger partial charge in [0.2, 0.25) is 0 Å². The molecule has 0 saturated heterocycles. The van der Waals surface area contributed by atoms with Crippen molar-refractivity contribution < 1.29 is 0 Å². The van der Waals surface area contributed by atoms with Crippen molar-refractivity contribution in [1.29, 1.82) is 0 Å². The van der Waals surface area contributed by atoms with E-state index in [1.165, 1.54) is 0 Å². The molecule has 0 radical (unpaired) electrons. The van der Waals surface area contributed by atoms with Crippen LogP contribution in [0.1, 0.15) is 17.1 Å². The lowest BCUT2D eigenvalue weighted by atomic mass is 10.3. The summed E-state index contributed by atoms with van der Waals surface area (Å²) in [5, 5.41) is 7.51. The Bertz CT molecular complexity index is 488. The molecule has 0 saturated carbocycles. The van der Waals surface area contributed by atoms with Gasteiger partial charge in [-0.2, -0.15) is 5.10 Å². The van der Waals surface area contributed by atoms with E-state index in [9.17, 15) is 0 Å². The van der Waals surface area contributed by atoms with Gasteiger partial charge >= 0.3 is 0 Å². The quantitative estimate of drug-likeness (QED) is 0.847. The Hall–Kier alpha value is -1.68. The molecule has 2 aromatic heterocycles. The lowest BCUT2D eigenvalue weighted by Crippen LogP contribution is -2.09. The summed E-state index contributed by atoms with van der Waals surface area (Å²) in [4.78, 5) is 4.54. The molecule has 2 rings (SSSR count). The van der Waals surface area contributed by atoms with Crippen molar-refractivity contribution in [3.8, 4) is 5.82 Å². The first-order valence-corrected chi connectivity index (χ1v) is 5.35. The van der Waals surface area contributed by atoms with E-state index < -0.39 is 0 Å². The minimum atomic E-state index is 0.771. The van der Waals surface area contributed by atoms with Crippen LogP contribution >= 0.6 is 0 Å². The maximum Gasteiger partial charge on any atom is 0.153 e. The van der Waals surface area contributed by atoms with E-state index in [0.29, 0.717) is 0 Å². The Morgan fingerprint density at radius 3 is 2.75 bits per heavy atom. The van der Waals surface area contributed by atoms with Crippen LogP contribution in [0.25, 0.3) is 5.82 Å². The van der Waals surface area contributed by atoms with E-state index in [1.807, 2.05) is 49.8 Å². The van der Waals surface area contributed by atoms with Crippen molar-refractivity contribution >= 4 is 0 Å². The molecule has 0 fully saturated rings. The van der Waals surface area contributed by atoms with Gasteiger partial charge in [-0.15, -0.1) is 0 Å². The Morgan fingerprint density at radius 1 is 1.31 bits per heavy atom. The van der Waals surface area contributed by atoms with Crippen molar-refractivity contribution in [2.24, 2.45) is 0 Å². The third-order valence-electron chi connectivity index (χ3n) is 2.38. The second-order valence-electron chi connectivity index (χ2n) is 3.86. The van der Waals surface area contributed by atoms with Crippen LogP contribution in [0.5, 0.6) is 0 Å². The minimum Gasteiger partial charge on any atom is -0.314 e. The molecule has 0 aromatic carbocycles. The highest BCUT2D eigenvalue weighted by Gasteiger charge is 2.05. The molecule has 84 valence electrons. The Kier molecular flexibility index (Phi) is 3.01. The number of aryl methyl sites for hydroxylation is 2. The Morgan fingerprint density at radius 2 is 2.12 bits per heavy atom. The van der Waals surface area contributed by atoms with E-state index in [4.69, 9.17) is 0 Å².